The van der Waals surface area contributed by atoms with E-state index in [-0.39, 0.29) is 6.10 Å². The number of ether oxygens (including phenoxy) is 1. The fraction of sp³-hybridized carbons (Fsp3) is 0.333. The molecule has 2 atom stereocenters. The fourth-order valence-corrected chi connectivity index (χ4v) is 1.82. The lowest BCUT2D eigenvalue weighted by atomic mass is 10.0. The predicted molar refractivity (Wildman–Crippen MR) is 47.9 cm³/mol. The molecule has 1 saturated heterocycles. The largest absolute Gasteiger partial charge is 0.371 e. The van der Waals surface area contributed by atoms with Gasteiger partial charge in [0.25, 0.3) is 0 Å². The van der Waals surface area contributed by atoms with E-state index in [0.29, 0.717) is 4.83 Å². The van der Waals surface area contributed by atoms with Crippen LogP contribution in [-0.2, 0) is 4.74 Å². The second-order valence-corrected chi connectivity index (χ2v) is 3.86. The lowest BCUT2D eigenvalue weighted by molar-refractivity contribution is -0.0410. The molecule has 0 bridgehead atoms. The van der Waals surface area contributed by atoms with Crippen LogP contribution < -0.4 is 0 Å². The third kappa shape index (κ3) is 1.33. The summed E-state index contributed by atoms with van der Waals surface area (Å²) < 4.78 is 5.38. The van der Waals surface area contributed by atoms with E-state index in [1.165, 1.54) is 5.56 Å². The number of alkyl halides is 1. The topological polar surface area (TPSA) is 9.23 Å². The zero-order valence-corrected chi connectivity index (χ0v) is 7.62. The van der Waals surface area contributed by atoms with Gasteiger partial charge >= 0.3 is 0 Å². The molecular formula is C9H9BrO. The van der Waals surface area contributed by atoms with Crippen LogP contribution in [0.25, 0.3) is 0 Å². The minimum absolute atomic E-state index is 0.274. The van der Waals surface area contributed by atoms with E-state index in [2.05, 4.69) is 28.1 Å². The minimum Gasteiger partial charge on any atom is -0.371 e. The summed E-state index contributed by atoms with van der Waals surface area (Å²) in [5.74, 6) is 0. The Morgan fingerprint density at radius 1 is 1.27 bits per heavy atom. The van der Waals surface area contributed by atoms with Gasteiger partial charge in [0, 0.05) is 0 Å². The zero-order valence-electron chi connectivity index (χ0n) is 6.03. The molecule has 0 amide bonds. The Balaban J connectivity index is 2.17. The van der Waals surface area contributed by atoms with Crippen molar-refractivity contribution in [1.29, 1.82) is 0 Å². The first-order valence-corrected chi connectivity index (χ1v) is 4.60. The van der Waals surface area contributed by atoms with Crippen molar-refractivity contribution in [2.45, 2.75) is 10.9 Å². The molecule has 0 unspecified atom stereocenters. The highest BCUT2D eigenvalue weighted by Crippen LogP contribution is 2.34. The van der Waals surface area contributed by atoms with Crippen molar-refractivity contribution >= 4 is 15.9 Å². The van der Waals surface area contributed by atoms with Gasteiger partial charge in [-0.25, -0.2) is 0 Å². The first kappa shape index (κ1) is 7.32. The highest BCUT2D eigenvalue weighted by atomic mass is 79.9. The van der Waals surface area contributed by atoms with Gasteiger partial charge < -0.3 is 4.74 Å². The summed E-state index contributed by atoms with van der Waals surface area (Å²) in [6.45, 7) is 0.833. The molecule has 2 heteroatoms. The van der Waals surface area contributed by atoms with Crippen LogP contribution >= 0.6 is 15.9 Å². The molecule has 1 nitrogen and oxygen atoms in total. The molecular weight excluding hydrogens is 204 g/mol. The monoisotopic (exact) mass is 212 g/mol. The van der Waals surface area contributed by atoms with Crippen molar-refractivity contribution in [3.05, 3.63) is 35.9 Å². The lowest BCUT2D eigenvalue weighted by Crippen LogP contribution is -2.32. The van der Waals surface area contributed by atoms with Crippen LogP contribution in [0.1, 0.15) is 11.7 Å². The molecule has 1 heterocycles. The Labute approximate surface area is 74.5 Å². The van der Waals surface area contributed by atoms with Crippen LogP contribution in [0.5, 0.6) is 0 Å². The first-order chi connectivity index (χ1) is 5.38. The maximum atomic E-state index is 5.38. The molecule has 0 N–H and O–H groups in total. The van der Waals surface area contributed by atoms with Crippen molar-refractivity contribution in [2.24, 2.45) is 0 Å². The summed E-state index contributed by atoms with van der Waals surface area (Å²) in [4.78, 5) is 0.505. The van der Waals surface area contributed by atoms with Gasteiger partial charge in [0.05, 0.1) is 17.5 Å². The zero-order chi connectivity index (χ0) is 7.68. The van der Waals surface area contributed by atoms with Crippen molar-refractivity contribution in [1.82, 2.24) is 0 Å². The minimum atomic E-state index is 0.274. The second-order valence-electron chi connectivity index (χ2n) is 2.68. The molecule has 1 aromatic carbocycles. The molecule has 1 fully saturated rings. The summed E-state index contributed by atoms with van der Waals surface area (Å²) in [6, 6.07) is 10.3. The summed E-state index contributed by atoms with van der Waals surface area (Å²) in [6.07, 6.45) is 0.274. The molecule has 0 saturated carbocycles. The number of hydrogen-bond donors (Lipinski definition) is 0. The number of benzene rings is 1. The van der Waals surface area contributed by atoms with Gasteiger partial charge in [-0.15, -0.1) is 0 Å². The van der Waals surface area contributed by atoms with Crippen molar-refractivity contribution in [3.8, 4) is 0 Å². The number of rotatable bonds is 1. The van der Waals surface area contributed by atoms with Crippen LogP contribution in [0, 0.1) is 0 Å². The van der Waals surface area contributed by atoms with Crippen LogP contribution in [0.4, 0.5) is 0 Å². The number of hydrogen-bond acceptors (Lipinski definition) is 1. The number of halogens is 1. The van der Waals surface area contributed by atoms with Crippen molar-refractivity contribution in [2.75, 3.05) is 6.61 Å². The molecule has 1 aromatic rings. The standard InChI is InChI=1S/C9H9BrO/c10-8-6-11-9(8)7-4-2-1-3-5-7/h1-5,8-9H,6H2/t8-,9+/m0/s1. The van der Waals surface area contributed by atoms with Gasteiger partial charge in [-0.05, 0) is 5.56 Å². The van der Waals surface area contributed by atoms with E-state index in [4.69, 9.17) is 4.74 Å². The average molecular weight is 213 g/mol. The SMILES string of the molecule is Br[C@H]1CO[C@@H]1c1ccccc1. The van der Waals surface area contributed by atoms with E-state index in [0.717, 1.165) is 6.61 Å². The van der Waals surface area contributed by atoms with E-state index in [9.17, 15) is 0 Å². The van der Waals surface area contributed by atoms with E-state index in [1.807, 2.05) is 18.2 Å². The van der Waals surface area contributed by atoms with Crippen LogP contribution in [0.15, 0.2) is 30.3 Å². The normalized spacial score (nSPS) is 29.5. The maximum Gasteiger partial charge on any atom is 0.0972 e. The van der Waals surface area contributed by atoms with Gasteiger partial charge in [0.2, 0.25) is 0 Å². The highest BCUT2D eigenvalue weighted by Gasteiger charge is 2.30. The Morgan fingerprint density at radius 2 is 2.00 bits per heavy atom. The summed E-state index contributed by atoms with van der Waals surface area (Å²) in [7, 11) is 0. The maximum absolute atomic E-state index is 5.38. The molecule has 0 radical (unpaired) electrons. The smallest absolute Gasteiger partial charge is 0.0972 e. The molecule has 1 aliphatic rings. The van der Waals surface area contributed by atoms with Gasteiger partial charge in [-0.2, -0.15) is 0 Å². The van der Waals surface area contributed by atoms with E-state index >= 15 is 0 Å². The third-order valence-corrected chi connectivity index (χ3v) is 2.64. The van der Waals surface area contributed by atoms with E-state index < -0.39 is 0 Å². The molecule has 58 valence electrons. The Bertz CT molecular complexity index is 235. The van der Waals surface area contributed by atoms with Crippen LogP contribution in [0.3, 0.4) is 0 Å². The fourth-order valence-electron chi connectivity index (χ4n) is 1.21. The van der Waals surface area contributed by atoms with Gasteiger partial charge in [-0.3, -0.25) is 0 Å². The summed E-state index contributed by atoms with van der Waals surface area (Å²) >= 11 is 3.54. The molecule has 1 aliphatic heterocycles. The molecule has 2 rings (SSSR count). The van der Waals surface area contributed by atoms with Gasteiger partial charge in [-0.1, -0.05) is 46.3 Å². The predicted octanol–water partition coefficient (Wildman–Crippen LogP) is 2.52. The molecule has 0 spiro atoms. The second kappa shape index (κ2) is 2.95. The lowest BCUT2D eigenvalue weighted by Gasteiger charge is -2.32. The van der Waals surface area contributed by atoms with Crippen molar-refractivity contribution < 1.29 is 4.74 Å². The Morgan fingerprint density at radius 3 is 2.45 bits per heavy atom. The van der Waals surface area contributed by atoms with Crippen LogP contribution in [-0.4, -0.2) is 11.4 Å². The summed E-state index contributed by atoms with van der Waals surface area (Å²) in [5.41, 5.74) is 1.26. The molecule has 0 aromatic heterocycles. The first-order valence-electron chi connectivity index (χ1n) is 3.68. The van der Waals surface area contributed by atoms with Crippen LogP contribution in [0.2, 0.25) is 0 Å². The van der Waals surface area contributed by atoms with Gasteiger partial charge in [0.15, 0.2) is 0 Å². The van der Waals surface area contributed by atoms with E-state index in [1.54, 1.807) is 0 Å². The Hall–Kier alpha value is -0.340. The average Bonchev–Trinajstić information content (AvgIpc) is 2.04. The van der Waals surface area contributed by atoms with Crippen molar-refractivity contribution in [3.63, 3.8) is 0 Å². The quantitative estimate of drug-likeness (QED) is 0.651. The third-order valence-electron chi connectivity index (χ3n) is 1.89. The highest BCUT2D eigenvalue weighted by molar-refractivity contribution is 9.09. The summed E-state index contributed by atoms with van der Waals surface area (Å²) in [5, 5.41) is 0. The molecule has 11 heavy (non-hydrogen) atoms. The molecule has 0 aliphatic carbocycles. The Kier molecular flexibility index (Phi) is 1.96. The van der Waals surface area contributed by atoms with Gasteiger partial charge in [0.1, 0.15) is 0 Å².